The van der Waals surface area contributed by atoms with Crippen LogP contribution in [-0.4, -0.2) is 39.3 Å². The normalized spacial score (nSPS) is 11.5. The number of rotatable bonds is 6. The third-order valence-corrected chi connectivity index (χ3v) is 6.17. The number of halogens is 2. The number of sulfonamides is 1. The van der Waals surface area contributed by atoms with Crippen molar-refractivity contribution in [1.82, 2.24) is 4.31 Å². The van der Waals surface area contributed by atoms with E-state index in [2.05, 4.69) is 10.6 Å². The lowest BCUT2D eigenvalue weighted by atomic mass is 10.1. The number of hydrogen-bond acceptors (Lipinski definition) is 4. The van der Waals surface area contributed by atoms with E-state index in [1.54, 1.807) is 13.0 Å². The third kappa shape index (κ3) is 4.97. The maximum absolute atomic E-state index is 13.1. The number of carbonyl (C=O) groups excluding carboxylic acids is 1. The van der Waals surface area contributed by atoms with Crippen LogP contribution in [0.4, 0.5) is 15.8 Å². The van der Waals surface area contributed by atoms with E-state index in [-0.39, 0.29) is 16.5 Å². The SMILES string of the molecule is Cc1cc(S(=O)(=O)N(C)C)cc(NCC(=O)Nc2ccc(F)cc2Cl)c1C. The van der Waals surface area contributed by atoms with Gasteiger partial charge in [0.25, 0.3) is 0 Å². The van der Waals surface area contributed by atoms with Crippen molar-refractivity contribution in [3.63, 3.8) is 0 Å². The summed E-state index contributed by atoms with van der Waals surface area (Å²) in [4.78, 5) is 12.3. The van der Waals surface area contributed by atoms with Gasteiger partial charge in [-0.2, -0.15) is 0 Å². The molecule has 0 aromatic heterocycles. The van der Waals surface area contributed by atoms with E-state index < -0.39 is 21.7 Å². The molecule has 0 saturated carbocycles. The Balaban J connectivity index is 2.17. The van der Waals surface area contributed by atoms with Gasteiger partial charge in [-0.3, -0.25) is 4.79 Å². The maximum atomic E-state index is 13.1. The summed E-state index contributed by atoms with van der Waals surface area (Å²) in [5.74, 6) is -0.900. The van der Waals surface area contributed by atoms with Crippen molar-refractivity contribution in [2.24, 2.45) is 0 Å². The molecule has 27 heavy (non-hydrogen) atoms. The molecular formula is C18H21ClFN3O3S. The molecule has 0 unspecified atom stereocenters. The molecule has 6 nitrogen and oxygen atoms in total. The van der Waals surface area contributed by atoms with Gasteiger partial charge in [-0.15, -0.1) is 0 Å². The Labute approximate surface area is 163 Å². The molecule has 0 atom stereocenters. The number of benzene rings is 2. The first-order chi connectivity index (χ1) is 12.5. The molecule has 0 fully saturated rings. The molecular weight excluding hydrogens is 393 g/mol. The zero-order valence-electron chi connectivity index (χ0n) is 15.4. The Morgan fingerprint density at radius 2 is 1.81 bits per heavy atom. The van der Waals surface area contributed by atoms with Crippen molar-refractivity contribution in [2.45, 2.75) is 18.7 Å². The first kappa shape index (κ1) is 21.1. The largest absolute Gasteiger partial charge is 0.376 e. The summed E-state index contributed by atoms with van der Waals surface area (Å²) >= 11 is 5.89. The third-order valence-electron chi connectivity index (χ3n) is 4.06. The first-order valence-corrected chi connectivity index (χ1v) is 9.86. The van der Waals surface area contributed by atoms with Crippen molar-refractivity contribution < 1.29 is 17.6 Å². The summed E-state index contributed by atoms with van der Waals surface area (Å²) in [5.41, 5.74) is 2.44. The Hall–Kier alpha value is -2.16. The van der Waals surface area contributed by atoms with E-state index in [1.807, 2.05) is 6.92 Å². The average Bonchev–Trinajstić information content (AvgIpc) is 2.58. The fourth-order valence-electron chi connectivity index (χ4n) is 2.33. The second-order valence-electron chi connectivity index (χ2n) is 6.23. The van der Waals surface area contributed by atoms with Crippen LogP contribution in [0.1, 0.15) is 11.1 Å². The molecule has 0 heterocycles. The summed E-state index contributed by atoms with van der Waals surface area (Å²) in [6.07, 6.45) is 0. The highest BCUT2D eigenvalue weighted by atomic mass is 35.5. The Morgan fingerprint density at radius 3 is 2.41 bits per heavy atom. The van der Waals surface area contributed by atoms with Crippen LogP contribution >= 0.6 is 11.6 Å². The second-order valence-corrected chi connectivity index (χ2v) is 8.79. The summed E-state index contributed by atoms with van der Waals surface area (Å²) in [5, 5.41) is 5.61. The minimum Gasteiger partial charge on any atom is -0.376 e. The fraction of sp³-hybridized carbons (Fsp3) is 0.278. The Bertz CT molecular complexity index is 978. The van der Waals surface area contributed by atoms with E-state index in [4.69, 9.17) is 11.6 Å². The minimum absolute atomic E-state index is 0.0921. The Kier molecular flexibility index (Phi) is 6.46. The van der Waals surface area contributed by atoms with Crippen LogP contribution in [0.15, 0.2) is 35.2 Å². The highest BCUT2D eigenvalue weighted by molar-refractivity contribution is 7.89. The van der Waals surface area contributed by atoms with Gasteiger partial charge in [0.2, 0.25) is 15.9 Å². The summed E-state index contributed by atoms with van der Waals surface area (Å²) in [7, 11) is -0.684. The number of anilines is 2. The van der Waals surface area contributed by atoms with Gasteiger partial charge in [0.05, 0.1) is 22.2 Å². The zero-order valence-corrected chi connectivity index (χ0v) is 17.0. The molecule has 1 amide bonds. The predicted molar refractivity (Wildman–Crippen MR) is 105 cm³/mol. The zero-order chi connectivity index (χ0) is 20.4. The van der Waals surface area contributed by atoms with Gasteiger partial charge in [0.15, 0.2) is 0 Å². The van der Waals surface area contributed by atoms with Crippen LogP contribution in [0.5, 0.6) is 0 Å². The van der Waals surface area contributed by atoms with Crippen molar-refractivity contribution in [1.29, 1.82) is 0 Å². The average molecular weight is 414 g/mol. The topological polar surface area (TPSA) is 78.5 Å². The van der Waals surface area contributed by atoms with Gasteiger partial charge < -0.3 is 10.6 Å². The molecule has 0 spiro atoms. The van der Waals surface area contributed by atoms with E-state index >= 15 is 0 Å². The molecule has 0 saturated heterocycles. The highest BCUT2D eigenvalue weighted by Crippen LogP contribution is 2.26. The minimum atomic E-state index is -3.60. The number of nitrogens with one attached hydrogen (secondary N) is 2. The monoisotopic (exact) mass is 413 g/mol. The molecule has 0 aliphatic heterocycles. The van der Waals surface area contributed by atoms with Crippen molar-refractivity contribution in [2.75, 3.05) is 31.3 Å². The lowest BCUT2D eigenvalue weighted by Crippen LogP contribution is -2.24. The van der Waals surface area contributed by atoms with Gasteiger partial charge >= 0.3 is 0 Å². The molecule has 0 aliphatic carbocycles. The molecule has 0 bridgehead atoms. The van der Waals surface area contributed by atoms with Crippen LogP contribution in [0.3, 0.4) is 0 Å². The molecule has 2 rings (SSSR count). The van der Waals surface area contributed by atoms with E-state index in [9.17, 15) is 17.6 Å². The molecule has 2 N–H and O–H groups in total. The molecule has 2 aromatic carbocycles. The van der Waals surface area contributed by atoms with E-state index in [0.29, 0.717) is 11.4 Å². The summed E-state index contributed by atoms with van der Waals surface area (Å²) < 4.78 is 38.9. The Morgan fingerprint density at radius 1 is 1.15 bits per heavy atom. The van der Waals surface area contributed by atoms with E-state index in [1.165, 1.54) is 32.3 Å². The van der Waals surface area contributed by atoms with Crippen LogP contribution in [0.2, 0.25) is 5.02 Å². The lowest BCUT2D eigenvalue weighted by Gasteiger charge is -2.17. The number of aryl methyl sites for hydroxylation is 1. The van der Waals surface area contributed by atoms with Gasteiger partial charge in [0, 0.05) is 19.8 Å². The number of hydrogen-bond donors (Lipinski definition) is 2. The van der Waals surface area contributed by atoms with Gasteiger partial charge in [-0.1, -0.05) is 11.6 Å². The van der Waals surface area contributed by atoms with Crippen LogP contribution < -0.4 is 10.6 Å². The summed E-state index contributed by atoms with van der Waals surface area (Å²) in [6, 6.07) is 6.75. The quantitative estimate of drug-likeness (QED) is 0.760. The lowest BCUT2D eigenvalue weighted by molar-refractivity contribution is -0.114. The number of nitrogens with zero attached hydrogens (tertiary/aromatic N) is 1. The standard InChI is InChI=1S/C18H21ClFN3O3S/c1-11-7-14(27(25,26)23(3)4)9-17(12(11)2)21-10-18(24)22-16-6-5-13(20)8-15(16)19/h5-9,21H,10H2,1-4H3,(H,22,24). The second kappa shape index (κ2) is 8.24. The van der Waals surface area contributed by atoms with Crippen LogP contribution in [0.25, 0.3) is 0 Å². The van der Waals surface area contributed by atoms with Crippen LogP contribution in [0, 0.1) is 19.7 Å². The van der Waals surface area contributed by atoms with Gasteiger partial charge in [-0.05, 0) is 55.3 Å². The van der Waals surface area contributed by atoms with Crippen molar-refractivity contribution in [3.05, 3.63) is 52.3 Å². The van der Waals surface area contributed by atoms with Crippen molar-refractivity contribution >= 4 is 38.9 Å². The fourth-order valence-corrected chi connectivity index (χ4v) is 3.56. The van der Waals surface area contributed by atoms with Gasteiger partial charge in [-0.25, -0.2) is 17.1 Å². The van der Waals surface area contributed by atoms with Gasteiger partial charge in [0.1, 0.15) is 5.82 Å². The molecule has 146 valence electrons. The van der Waals surface area contributed by atoms with Crippen LogP contribution in [-0.2, 0) is 14.8 Å². The smallest absolute Gasteiger partial charge is 0.243 e. The summed E-state index contributed by atoms with van der Waals surface area (Å²) in [6.45, 7) is 3.52. The highest BCUT2D eigenvalue weighted by Gasteiger charge is 2.19. The molecule has 0 aliphatic rings. The maximum Gasteiger partial charge on any atom is 0.243 e. The van der Waals surface area contributed by atoms with Crippen molar-refractivity contribution in [3.8, 4) is 0 Å². The molecule has 0 radical (unpaired) electrons. The molecule has 9 heteroatoms. The number of carbonyl (C=O) groups is 1. The first-order valence-electron chi connectivity index (χ1n) is 8.05. The predicted octanol–water partition coefficient (Wildman–Crippen LogP) is 3.40. The molecule has 2 aromatic rings. The van der Waals surface area contributed by atoms with E-state index in [0.717, 1.165) is 21.5 Å². The number of amides is 1.